The lowest BCUT2D eigenvalue weighted by molar-refractivity contribution is 0.0891. The van der Waals surface area contributed by atoms with E-state index >= 15 is 0 Å². The van der Waals surface area contributed by atoms with E-state index in [2.05, 4.69) is 29.4 Å². The quantitative estimate of drug-likeness (QED) is 0.889. The Morgan fingerprint density at radius 2 is 1.88 bits per heavy atom. The van der Waals surface area contributed by atoms with E-state index in [0.29, 0.717) is 18.0 Å². The smallest absolute Gasteiger partial charge is 0.251 e. The molecule has 2 unspecified atom stereocenters. The summed E-state index contributed by atoms with van der Waals surface area (Å²) < 4.78 is 18.3. The molecule has 1 aliphatic heterocycles. The molecule has 0 radical (unpaired) electrons. The molecule has 1 heterocycles. The van der Waals surface area contributed by atoms with Crippen molar-refractivity contribution in [2.45, 2.75) is 18.9 Å². The van der Waals surface area contributed by atoms with Crippen LogP contribution in [0.25, 0.3) is 0 Å². The lowest BCUT2D eigenvalue weighted by Crippen LogP contribution is -2.41. The number of nitrogens with zero attached hydrogens (tertiary/aromatic N) is 1. The van der Waals surface area contributed by atoms with Gasteiger partial charge in [-0.1, -0.05) is 12.1 Å². The van der Waals surface area contributed by atoms with E-state index in [9.17, 15) is 9.18 Å². The number of carbonyl (C=O) groups excluding carboxylic acids is 1. The van der Waals surface area contributed by atoms with Crippen LogP contribution in [0, 0.1) is 11.7 Å². The molecule has 4 nitrogen and oxygen atoms in total. The third-order valence-corrected chi connectivity index (χ3v) is 5.10. The summed E-state index contributed by atoms with van der Waals surface area (Å²) in [6.07, 6.45) is 2.17. The predicted octanol–water partition coefficient (Wildman–Crippen LogP) is 3.65. The number of hydrogen-bond acceptors (Lipinski definition) is 3. The Balaban J connectivity index is 1.69. The highest BCUT2D eigenvalue weighted by atomic mass is 19.1. The van der Waals surface area contributed by atoms with Crippen molar-refractivity contribution in [2.75, 3.05) is 27.2 Å². The molecule has 0 bridgehead atoms. The van der Waals surface area contributed by atoms with Gasteiger partial charge in [-0.2, -0.15) is 0 Å². The lowest BCUT2D eigenvalue weighted by Gasteiger charge is -2.39. The second-order valence-electron chi connectivity index (χ2n) is 6.82. The Bertz CT molecular complexity index is 731. The average molecular weight is 356 g/mol. The molecule has 1 N–H and O–H groups in total. The van der Waals surface area contributed by atoms with Crippen LogP contribution in [-0.4, -0.2) is 38.1 Å². The molecule has 0 aromatic heterocycles. The Hall–Kier alpha value is -2.40. The molecule has 1 saturated heterocycles. The Kier molecular flexibility index (Phi) is 5.89. The summed E-state index contributed by atoms with van der Waals surface area (Å²) in [7, 11) is 3.79. The average Bonchev–Trinajstić information content (AvgIpc) is 2.67. The summed E-state index contributed by atoms with van der Waals surface area (Å²) in [6.45, 7) is 1.64. The minimum absolute atomic E-state index is 0.160. The van der Waals surface area contributed by atoms with Gasteiger partial charge in [-0.3, -0.25) is 9.69 Å². The Labute approximate surface area is 154 Å². The number of rotatable bonds is 5. The second-order valence-corrected chi connectivity index (χ2v) is 6.82. The third kappa shape index (κ3) is 4.22. The minimum atomic E-state index is -0.338. The highest BCUT2D eigenvalue weighted by Gasteiger charge is 2.30. The first-order valence-corrected chi connectivity index (χ1v) is 8.96. The van der Waals surface area contributed by atoms with Crippen molar-refractivity contribution in [3.63, 3.8) is 0 Å². The van der Waals surface area contributed by atoms with E-state index in [1.54, 1.807) is 7.11 Å². The highest BCUT2D eigenvalue weighted by molar-refractivity contribution is 5.94. The first-order valence-electron chi connectivity index (χ1n) is 8.96. The molecular weight excluding hydrogens is 331 g/mol. The zero-order valence-corrected chi connectivity index (χ0v) is 15.2. The van der Waals surface area contributed by atoms with E-state index in [-0.39, 0.29) is 17.8 Å². The zero-order valence-electron chi connectivity index (χ0n) is 15.2. The van der Waals surface area contributed by atoms with Gasteiger partial charge in [0.05, 0.1) is 7.11 Å². The van der Waals surface area contributed by atoms with Gasteiger partial charge in [-0.05, 0) is 74.3 Å². The molecule has 2 atom stereocenters. The molecule has 138 valence electrons. The number of likely N-dealkylation sites (tertiary alicyclic amines) is 1. The van der Waals surface area contributed by atoms with Crippen molar-refractivity contribution < 1.29 is 13.9 Å². The van der Waals surface area contributed by atoms with Gasteiger partial charge in [0.15, 0.2) is 0 Å². The summed E-state index contributed by atoms with van der Waals surface area (Å²) in [4.78, 5) is 14.7. The maximum Gasteiger partial charge on any atom is 0.251 e. The van der Waals surface area contributed by atoms with Crippen LogP contribution in [0.5, 0.6) is 5.75 Å². The Morgan fingerprint density at radius 3 is 2.54 bits per heavy atom. The topological polar surface area (TPSA) is 41.6 Å². The van der Waals surface area contributed by atoms with Crippen molar-refractivity contribution in [3.8, 4) is 5.75 Å². The van der Waals surface area contributed by atoms with Gasteiger partial charge in [-0.25, -0.2) is 4.39 Å². The van der Waals surface area contributed by atoms with Gasteiger partial charge in [0, 0.05) is 18.2 Å². The Morgan fingerprint density at radius 1 is 1.19 bits per heavy atom. The van der Waals surface area contributed by atoms with Crippen LogP contribution in [0.4, 0.5) is 4.39 Å². The normalized spacial score (nSPS) is 20.6. The van der Waals surface area contributed by atoms with Crippen LogP contribution >= 0.6 is 0 Å². The van der Waals surface area contributed by atoms with Gasteiger partial charge in [0.25, 0.3) is 5.91 Å². The largest absolute Gasteiger partial charge is 0.497 e. The molecule has 2 aromatic carbocycles. The van der Waals surface area contributed by atoms with Crippen molar-refractivity contribution in [1.29, 1.82) is 0 Å². The van der Waals surface area contributed by atoms with Gasteiger partial charge >= 0.3 is 0 Å². The van der Waals surface area contributed by atoms with Crippen LogP contribution in [0.3, 0.4) is 0 Å². The SMILES string of the molecule is COc1ccc(C2C(CNC(=O)c3ccc(F)cc3)CCCN2C)cc1. The standard InChI is InChI=1S/C21H25FN2O2/c1-24-13-3-4-17(20(24)15-7-11-19(26-2)12-8-15)14-23-21(25)16-5-9-18(22)10-6-16/h5-12,17,20H,3-4,13-14H2,1-2H3,(H,23,25). The van der Waals surface area contributed by atoms with Gasteiger partial charge in [0.1, 0.15) is 11.6 Å². The highest BCUT2D eigenvalue weighted by Crippen LogP contribution is 2.35. The molecule has 1 aliphatic rings. The molecule has 3 rings (SSSR count). The summed E-state index contributed by atoms with van der Waals surface area (Å²) in [5.41, 5.74) is 1.71. The predicted molar refractivity (Wildman–Crippen MR) is 99.8 cm³/mol. The molecular formula is C21H25FN2O2. The number of nitrogens with one attached hydrogen (secondary N) is 1. The minimum Gasteiger partial charge on any atom is -0.497 e. The molecule has 2 aromatic rings. The summed E-state index contributed by atoms with van der Waals surface area (Å²) in [5, 5.41) is 3.02. The number of amides is 1. The second kappa shape index (κ2) is 8.32. The fourth-order valence-corrected chi connectivity index (χ4v) is 3.73. The maximum absolute atomic E-state index is 13.0. The van der Waals surface area contributed by atoms with E-state index in [1.165, 1.54) is 29.8 Å². The number of halogens is 1. The molecule has 0 spiro atoms. The van der Waals surface area contributed by atoms with Gasteiger partial charge in [0.2, 0.25) is 0 Å². The first-order chi connectivity index (χ1) is 12.6. The van der Waals surface area contributed by atoms with Crippen LogP contribution in [0.1, 0.15) is 34.8 Å². The summed E-state index contributed by atoms with van der Waals surface area (Å²) >= 11 is 0. The van der Waals surface area contributed by atoms with Crippen LogP contribution in [0.15, 0.2) is 48.5 Å². The van der Waals surface area contributed by atoms with Crippen molar-refractivity contribution in [1.82, 2.24) is 10.2 Å². The molecule has 0 aliphatic carbocycles. The lowest BCUT2D eigenvalue weighted by atomic mass is 9.85. The number of piperidine rings is 1. The number of hydrogen-bond donors (Lipinski definition) is 1. The van der Waals surface area contributed by atoms with E-state index in [4.69, 9.17) is 4.74 Å². The molecule has 1 fully saturated rings. The van der Waals surface area contributed by atoms with Crippen LogP contribution in [0.2, 0.25) is 0 Å². The molecule has 1 amide bonds. The first kappa shape index (κ1) is 18.4. The maximum atomic E-state index is 13.0. The van der Waals surface area contributed by atoms with Gasteiger partial charge < -0.3 is 10.1 Å². The number of ether oxygens (including phenoxy) is 1. The number of carbonyl (C=O) groups is 1. The molecule has 0 saturated carbocycles. The monoisotopic (exact) mass is 356 g/mol. The van der Waals surface area contributed by atoms with Crippen LogP contribution < -0.4 is 10.1 Å². The van der Waals surface area contributed by atoms with Crippen molar-refractivity contribution in [3.05, 3.63) is 65.5 Å². The fraction of sp³-hybridized carbons (Fsp3) is 0.381. The number of benzene rings is 2. The van der Waals surface area contributed by atoms with Crippen LogP contribution in [-0.2, 0) is 0 Å². The third-order valence-electron chi connectivity index (χ3n) is 5.10. The zero-order chi connectivity index (χ0) is 18.5. The van der Waals surface area contributed by atoms with Crippen molar-refractivity contribution in [2.24, 2.45) is 5.92 Å². The van der Waals surface area contributed by atoms with E-state index < -0.39 is 0 Å². The van der Waals surface area contributed by atoms with Crippen molar-refractivity contribution >= 4 is 5.91 Å². The summed E-state index contributed by atoms with van der Waals surface area (Å²) in [6, 6.07) is 14.0. The van der Waals surface area contributed by atoms with E-state index in [0.717, 1.165) is 25.1 Å². The molecule has 26 heavy (non-hydrogen) atoms. The fourth-order valence-electron chi connectivity index (χ4n) is 3.73. The number of methoxy groups -OCH3 is 1. The van der Waals surface area contributed by atoms with Gasteiger partial charge in [-0.15, -0.1) is 0 Å². The summed E-state index contributed by atoms with van der Waals surface area (Å²) in [5.74, 6) is 0.668. The molecule has 5 heteroatoms. The van der Waals surface area contributed by atoms with E-state index in [1.807, 2.05) is 12.1 Å².